The highest BCUT2D eigenvalue weighted by Gasteiger charge is 2.52. The number of hydrogen-bond donors (Lipinski definition) is 2. The van der Waals surface area contributed by atoms with E-state index in [-0.39, 0.29) is 29.5 Å². The Morgan fingerprint density at radius 3 is 1.75 bits per heavy atom. The predicted molar refractivity (Wildman–Crippen MR) is 106 cm³/mol. The number of piperidine rings is 2. The van der Waals surface area contributed by atoms with Gasteiger partial charge in [-0.05, 0) is 82.0 Å². The molecule has 2 N–H and O–H groups in total. The van der Waals surface area contributed by atoms with Crippen molar-refractivity contribution in [2.45, 2.75) is 75.9 Å². The summed E-state index contributed by atoms with van der Waals surface area (Å²) >= 11 is 0. The van der Waals surface area contributed by atoms with Gasteiger partial charge in [0.05, 0.1) is 6.10 Å². The first-order valence-electron chi connectivity index (χ1n) is 11.5. The van der Waals surface area contributed by atoms with Crippen LogP contribution in [0.3, 0.4) is 0 Å². The van der Waals surface area contributed by atoms with Crippen LogP contribution in [0.15, 0.2) is 0 Å². The lowest BCUT2D eigenvalue weighted by Crippen LogP contribution is -2.61. The highest BCUT2D eigenvalue weighted by atomic mass is 16.3. The number of nitrogens with one attached hydrogen (secondary N) is 1. The molecule has 28 heavy (non-hydrogen) atoms. The lowest BCUT2D eigenvalue weighted by Gasteiger charge is -2.57. The fourth-order valence-electron chi connectivity index (χ4n) is 7.22. The van der Waals surface area contributed by atoms with E-state index in [9.17, 15) is 14.7 Å². The quantitative estimate of drug-likeness (QED) is 0.761. The van der Waals surface area contributed by atoms with Crippen molar-refractivity contribution in [1.82, 2.24) is 15.1 Å². The van der Waals surface area contributed by atoms with Crippen LogP contribution in [-0.4, -0.2) is 64.7 Å². The standard InChI is InChI=1S/C22H35N3O3/c26-19-3-7-25(8-4-19)21(28)24-5-1-18(2-6-24)20(27)23-22-12-15-9-16(13-22)11-17(10-15)14-22/h15-19,26H,1-14H2,(H,23,27). The number of nitrogens with zero attached hydrogens (tertiary/aromatic N) is 2. The maximum atomic E-state index is 13.0. The molecule has 6 aliphatic rings. The van der Waals surface area contributed by atoms with Gasteiger partial charge >= 0.3 is 6.03 Å². The molecule has 0 atom stereocenters. The van der Waals surface area contributed by atoms with Crippen molar-refractivity contribution in [2.75, 3.05) is 26.2 Å². The second kappa shape index (κ2) is 7.19. The van der Waals surface area contributed by atoms with Crippen LogP contribution in [0.5, 0.6) is 0 Å². The molecule has 156 valence electrons. The molecule has 2 aliphatic heterocycles. The molecule has 6 rings (SSSR count). The summed E-state index contributed by atoms with van der Waals surface area (Å²) in [6.45, 7) is 2.65. The molecule has 6 fully saturated rings. The third-order valence-corrected chi connectivity index (χ3v) is 8.30. The van der Waals surface area contributed by atoms with E-state index in [1.54, 1.807) is 0 Å². The van der Waals surface area contributed by atoms with E-state index in [4.69, 9.17) is 0 Å². The minimum atomic E-state index is -0.261. The molecular formula is C22H35N3O3. The SMILES string of the molecule is O=C(NC12CC3CC(CC(C3)C1)C2)C1CCN(C(=O)N2CCC(O)CC2)CC1. The van der Waals surface area contributed by atoms with Crippen molar-refractivity contribution in [3.8, 4) is 0 Å². The average molecular weight is 390 g/mol. The number of carbonyl (C=O) groups is 2. The van der Waals surface area contributed by atoms with Crippen LogP contribution in [0.1, 0.15) is 64.2 Å². The normalized spacial score (nSPS) is 38.7. The van der Waals surface area contributed by atoms with Gasteiger partial charge in [0.2, 0.25) is 5.91 Å². The van der Waals surface area contributed by atoms with Crippen LogP contribution in [0.2, 0.25) is 0 Å². The van der Waals surface area contributed by atoms with Crippen molar-refractivity contribution in [3.63, 3.8) is 0 Å². The molecule has 6 nitrogen and oxygen atoms in total. The summed E-state index contributed by atoms with van der Waals surface area (Å²) in [5.74, 6) is 2.83. The average Bonchev–Trinajstić information content (AvgIpc) is 2.67. The molecule has 0 aromatic rings. The summed E-state index contributed by atoms with van der Waals surface area (Å²) < 4.78 is 0. The van der Waals surface area contributed by atoms with E-state index >= 15 is 0 Å². The number of carbonyl (C=O) groups excluding carboxylic acids is 2. The van der Waals surface area contributed by atoms with Crippen molar-refractivity contribution in [2.24, 2.45) is 23.7 Å². The Morgan fingerprint density at radius 2 is 1.25 bits per heavy atom. The van der Waals surface area contributed by atoms with Gasteiger partial charge in [0.15, 0.2) is 0 Å². The molecule has 0 aromatic heterocycles. The number of hydrogen-bond acceptors (Lipinski definition) is 3. The first-order chi connectivity index (χ1) is 13.5. The molecule has 4 saturated carbocycles. The van der Waals surface area contributed by atoms with E-state index in [1.807, 2.05) is 9.80 Å². The van der Waals surface area contributed by atoms with E-state index < -0.39 is 0 Å². The highest BCUT2D eigenvalue weighted by Crippen LogP contribution is 2.55. The number of aliphatic hydroxyl groups is 1. The first-order valence-corrected chi connectivity index (χ1v) is 11.5. The monoisotopic (exact) mass is 389 g/mol. The van der Waals surface area contributed by atoms with Gasteiger partial charge in [-0.15, -0.1) is 0 Å². The third-order valence-electron chi connectivity index (χ3n) is 8.30. The second-order valence-electron chi connectivity index (χ2n) is 10.4. The fourth-order valence-corrected chi connectivity index (χ4v) is 7.22. The Bertz CT molecular complexity index is 585. The lowest BCUT2D eigenvalue weighted by molar-refractivity contribution is -0.132. The number of rotatable bonds is 2. The number of amides is 3. The van der Waals surface area contributed by atoms with Gasteiger partial charge in [0.1, 0.15) is 0 Å². The molecule has 0 spiro atoms. The van der Waals surface area contributed by atoms with E-state index in [2.05, 4.69) is 5.32 Å². The predicted octanol–water partition coefficient (Wildman–Crippen LogP) is 2.36. The molecule has 2 saturated heterocycles. The zero-order valence-corrected chi connectivity index (χ0v) is 16.9. The molecule has 0 aromatic carbocycles. The molecule has 2 heterocycles. The van der Waals surface area contributed by atoms with Crippen LogP contribution < -0.4 is 5.32 Å². The fraction of sp³-hybridized carbons (Fsp3) is 0.909. The van der Waals surface area contributed by atoms with Crippen LogP contribution in [0.4, 0.5) is 4.79 Å². The van der Waals surface area contributed by atoms with E-state index in [1.165, 1.54) is 38.5 Å². The van der Waals surface area contributed by atoms with E-state index in [0.29, 0.717) is 39.0 Å². The molecular weight excluding hydrogens is 354 g/mol. The van der Waals surface area contributed by atoms with Crippen LogP contribution in [-0.2, 0) is 4.79 Å². The zero-order valence-electron chi connectivity index (χ0n) is 16.9. The summed E-state index contributed by atoms with van der Waals surface area (Å²) in [5, 5.41) is 13.2. The lowest BCUT2D eigenvalue weighted by atomic mass is 9.53. The van der Waals surface area contributed by atoms with Gasteiger partial charge < -0.3 is 20.2 Å². The van der Waals surface area contributed by atoms with Crippen molar-refractivity contribution < 1.29 is 14.7 Å². The Kier molecular flexibility index (Phi) is 4.80. The zero-order chi connectivity index (χ0) is 19.3. The Balaban J connectivity index is 1.13. The number of aliphatic hydroxyl groups excluding tert-OH is 1. The summed E-state index contributed by atoms with van der Waals surface area (Å²) in [5.41, 5.74) is 0.0907. The van der Waals surface area contributed by atoms with Crippen LogP contribution in [0.25, 0.3) is 0 Å². The number of likely N-dealkylation sites (tertiary alicyclic amines) is 2. The van der Waals surface area contributed by atoms with Gasteiger partial charge in [-0.2, -0.15) is 0 Å². The second-order valence-corrected chi connectivity index (χ2v) is 10.4. The van der Waals surface area contributed by atoms with Gasteiger partial charge in [-0.3, -0.25) is 4.79 Å². The molecule has 4 bridgehead atoms. The van der Waals surface area contributed by atoms with E-state index in [0.717, 1.165) is 30.6 Å². The summed E-state index contributed by atoms with van der Waals surface area (Å²) in [4.78, 5) is 29.5. The maximum Gasteiger partial charge on any atom is 0.320 e. The van der Waals surface area contributed by atoms with Crippen LogP contribution >= 0.6 is 0 Å². The minimum absolute atomic E-state index is 0.0558. The first kappa shape index (κ1) is 18.7. The Hall–Kier alpha value is -1.30. The third kappa shape index (κ3) is 3.53. The minimum Gasteiger partial charge on any atom is -0.393 e. The molecule has 0 radical (unpaired) electrons. The maximum absolute atomic E-state index is 13.0. The summed E-state index contributed by atoms with van der Waals surface area (Å²) in [7, 11) is 0. The van der Waals surface area contributed by atoms with Gasteiger partial charge in [0.25, 0.3) is 0 Å². The van der Waals surface area contributed by atoms with Gasteiger partial charge in [0, 0.05) is 37.6 Å². The Labute approximate surface area is 168 Å². The largest absolute Gasteiger partial charge is 0.393 e. The molecule has 4 aliphatic carbocycles. The van der Waals surface area contributed by atoms with Gasteiger partial charge in [-0.25, -0.2) is 4.79 Å². The Morgan fingerprint density at radius 1 is 0.786 bits per heavy atom. The van der Waals surface area contributed by atoms with Crippen molar-refractivity contribution >= 4 is 11.9 Å². The highest BCUT2D eigenvalue weighted by molar-refractivity contribution is 5.80. The van der Waals surface area contributed by atoms with Gasteiger partial charge in [-0.1, -0.05) is 0 Å². The topological polar surface area (TPSA) is 72.9 Å². The molecule has 6 heteroatoms. The van der Waals surface area contributed by atoms with Crippen molar-refractivity contribution in [1.29, 1.82) is 0 Å². The smallest absolute Gasteiger partial charge is 0.320 e. The summed E-state index contributed by atoms with van der Waals surface area (Å²) in [6, 6.07) is 0.0897. The van der Waals surface area contributed by atoms with Crippen LogP contribution in [0, 0.1) is 23.7 Å². The number of urea groups is 1. The molecule has 3 amide bonds. The van der Waals surface area contributed by atoms with Crippen molar-refractivity contribution in [3.05, 3.63) is 0 Å². The molecule has 0 unspecified atom stereocenters. The summed E-state index contributed by atoms with van der Waals surface area (Å²) in [6.07, 6.45) is 10.4.